The summed E-state index contributed by atoms with van der Waals surface area (Å²) in [6.07, 6.45) is 8.61. The molecule has 0 unspecified atom stereocenters. The van der Waals surface area contributed by atoms with E-state index in [1.54, 1.807) is 19.1 Å². The number of rotatable bonds is 8. The van der Waals surface area contributed by atoms with E-state index in [-0.39, 0.29) is 6.03 Å². The van der Waals surface area contributed by atoms with Crippen molar-refractivity contribution in [3.05, 3.63) is 11.7 Å². The molecular weight excluding hydrogens is 346 g/mol. The van der Waals surface area contributed by atoms with Gasteiger partial charge in [-0.05, 0) is 31.7 Å². The van der Waals surface area contributed by atoms with Gasteiger partial charge in [0.1, 0.15) is 6.54 Å². The Hall–Kier alpha value is -1.67. The van der Waals surface area contributed by atoms with E-state index in [9.17, 15) is 4.79 Å². The fourth-order valence-corrected chi connectivity index (χ4v) is 4.10. The lowest BCUT2D eigenvalue weighted by atomic mass is 9.94. The minimum absolute atomic E-state index is 0.0947. The molecule has 0 aromatic carbocycles. The molecule has 2 amide bonds. The van der Waals surface area contributed by atoms with Gasteiger partial charge in [0, 0.05) is 39.7 Å². The summed E-state index contributed by atoms with van der Waals surface area (Å²) in [6, 6.07) is 0.676. The summed E-state index contributed by atoms with van der Waals surface area (Å²) in [4.78, 5) is 20.9. The molecule has 1 atom stereocenters. The van der Waals surface area contributed by atoms with Crippen LogP contribution in [0.4, 0.5) is 4.79 Å². The average molecular weight is 380 g/mol. The van der Waals surface area contributed by atoms with E-state index >= 15 is 0 Å². The van der Waals surface area contributed by atoms with E-state index in [4.69, 9.17) is 9.26 Å². The first-order chi connectivity index (χ1) is 13.2. The minimum Gasteiger partial charge on any atom is -0.384 e. The van der Waals surface area contributed by atoms with Crippen LogP contribution in [0.1, 0.15) is 50.2 Å². The van der Waals surface area contributed by atoms with Crippen LogP contribution in [0.15, 0.2) is 4.52 Å². The molecule has 2 heterocycles. The third-order valence-corrected chi connectivity index (χ3v) is 5.71. The summed E-state index contributed by atoms with van der Waals surface area (Å²) < 4.78 is 10.2. The number of carbonyl (C=O) groups excluding carboxylic acids is 1. The van der Waals surface area contributed by atoms with Gasteiger partial charge in [0.05, 0.1) is 6.61 Å². The van der Waals surface area contributed by atoms with Gasteiger partial charge in [-0.1, -0.05) is 24.4 Å². The highest BCUT2D eigenvalue weighted by Gasteiger charge is 2.29. The predicted octanol–water partition coefficient (Wildman–Crippen LogP) is 2.05. The number of methoxy groups -OCH3 is 1. The summed E-state index contributed by atoms with van der Waals surface area (Å²) in [5.41, 5.74) is 0. The SMILES string of the molecule is COCCc1noc(CN(C)C(=O)NC[C@H]2CCN(C3CCCCC3)C2)n1. The normalized spacial score (nSPS) is 21.5. The molecule has 2 fully saturated rings. The molecule has 1 saturated carbocycles. The molecule has 1 aliphatic heterocycles. The van der Waals surface area contributed by atoms with E-state index in [1.807, 2.05) is 0 Å². The van der Waals surface area contributed by atoms with Crippen LogP contribution in [0.5, 0.6) is 0 Å². The molecule has 0 bridgehead atoms. The lowest BCUT2D eigenvalue weighted by Crippen LogP contribution is -2.40. The molecular formula is C19H33N5O3. The minimum atomic E-state index is -0.0947. The fourth-order valence-electron chi connectivity index (χ4n) is 4.10. The molecule has 2 aliphatic rings. The van der Waals surface area contributed by atoms with Gasteiger partial charge in [-0.25, -0.2) is 4.79 Å². The highest BCUT2D eigenvalue weighted by Crippen LogP contribution is 2.27. The molecule has 152 valence electrons. The molecule has 8 nitrogen and oxygen atoms in total. The molecule has 1 aliphatic carbocycles. The smallest absolute Gasteiger partial charge is 0.317 e. The van der Waals surface area contributed by atoms with Crippen molar-refractivity contribution < 1.29 is 14.1 Å². The number of nitrogens with zero attached hydrogens (tertiary/aromatic N) is 4. The molecule has 27 heavy (non-hydrogen) atoms. The third kappa shape index (κ3) is 5.90. The summed E-state index contributed by atoms with van der Waals surface area (Å²) in [5, 5.41) is 6.96. The molecule has 0 radical (unpaired) electrons. The lowest BCUT2D eigenvalue weighted by Gasteiger charge is -2.31. The maximum absolute atomic E-state index is 12.4. The summed E-state index contributed by atoms with van der Waals surface area (Å²) in [6.45, 7) is 3.88. The summed E-state index contributed by atoms with van der Waals surface area (Å²) in [7, 11) is 3.38. The maximum Gasteiger partial charge on any atom is 0.317 e. The Labute approximate surface area is 161 Å². The Morgan fingerprint density at radius 1 is 1.33 bits per heavy atom. The van der Waals surface area contributed by atoms with Gasteiger partial charge in [0.15, 0.2) is 5.82 Å². The standard InChI is InChI=1S/C19H33N5O3/c1-23(14-18-21-17(22-27-18)9-11-26-2)19(25)20-12-15-8-10-24(13-15)16-6-4-3-5-7-16/h15-16H,3-14H2,1-2H3,(H,20,25)/t15-/m1/s1. The molecule has 1 aromatic heterocycles. The van der Waals surface area contributed by atoms with E-state index < -0.39 is 0 Å². The highest BCUT2D eigenvalue weighted by atomic mass is 16.5. The van der Waals surface area contributed by atoms with E-state index in [2.05, 4.69) is 20.4 Å². The molecule has 1 N–H and O–H groups in total. The van der Waals surface area contributed by atoms with Gasteiger partial charge in [-0.2, -0.15) is 4.98 Å². The van der Waals surface area contributed by atoms with Crippen molar-refractivity contribution in [1.82, 2.24) is 25.3 Å². The molecule has 1 aromatic rings. The number of amides is 2. The Balaban J connectivity index is 1.36. The first-order valence-electron chi connectivity index (χ1n) is 10.2. The van der Waals surface area contributed by atoms with Crippen molar-refractivity contribution in [1.29, 1.82) is 0 Å². The van der Waals surface area contributed by atoms with E-state index in [0.717, 1.165) is 19.1 Å². The number of nitrogens with one attached hydrogen (secondary N) is 1. The van der Waals surface area contributed by atoms with Crippen molar-refractivity contribution in [2.45, 2.75) is 57.5 Å². The van der Waals surface area contributed by atoms with Gasteiger partial charge in [0.25, 0.3) is 0 Å². The highest BCUT2D eigenvalue weighted by molar-refractivity contribution is 5.73. The van der Waals surface area contributed by atoms with Gasteiger partial charge in [-0.3, -0.25) is 0 Å². The van der Waals surface area contributed by atoms with Gasteiger partial charge in [0.2, 0.25) is 5.89 Å². The number of likely N-dealkylation sites (tertiary alicyclic amines) is 1. The van der Waals surface area contributed by atoms with Crippen LogP contribution in [-0.4, -0.2) is 72.4 Å². The Kier molecular flexibility index (Phi) is 7.46. The van der Waals surface area contributed by atoms with E-state index in [1.165, 1.54) is 45.1 Å². The zero-order chi connectivity index (χ0) is 19.1. The van der Waals surface area contributed by atoms with Crippen molar-refractivity contribution >= 4 is 6.03 Å². The van der Waals surface area contributed by atoms with Crippen molar-refractivity contribution in [3.8, 4) is 0 Å². The Morgan fingerprint density at radius 3 is 2.93 bits per heavy atom. The molecule has 1 saturated heterocycles. The van der Waals surface area contributed by atoms with E-state index in [0.29, 0.717) is 37.2 Å². The van der Waals surface area contributed by atoms with Crippen LogP contribution in [0, 0.1) is 5.92 Å². The quantitative estimate of drug-likeness (QED) is 0.744. The molecule has 0 spiro atoms. The van der Waals surface area contributed by atoms with Crippen molar-refractivity contribution in [2.24, 2.45) is 5.92 Å². The zero-order valence-corrected chi connectivity index (χ0v) is 16.7. The molecule has 8 heteroatoms. The topological polar surface area (TPSA) is 83.7 Å². The average Bonchev–Trinajstić information content (AvgIpc) is 3.34. The van der Waals surface area contributed by atoms with Gasteiger partial charge in [-0.15, -0.1) is 0 Å². The maximum atomic E-state index is 12.4. The van der Waals surface area contributed by atoms with Gasteiger partial charge < -0.3 is 24.4 Å². The number of hydrogen-bond acceptors (Lipinski definition) is 6. The van der Waals surface area contributed by atoms with Crippen LogP contribution in [0.25, 0.3) is 0 Å². The third-order valence-electron chi connectivity index (χ3n) is 5.71. The Morgan fingerprint density at radius 2 is 2.15 bits per heavy atom. The first kappa shape index (κ1) is 20.1. The molecule has 3 rings (SSSR count). The number of urea groups is 1. The van der Waals surface area contributed by atoms with Gasteiger partial charge >= 0.3 is 6.03 Å². The van der Waals surface area contributed by atoms with Crippen LogP contribution in [0.3, 0.4) is 0 Å². The number of ether oxygens (including phenoxy) is 1. The summed E-state index contributed by atoms with van der Waals surface area (Å²) in [5.74, 6) is 1.60. The monoisotopic (exact) mass is 379 g/mol. The predicted molar refractivity (Wildman–Crippen MR) is 101 cm³/mol. The fraction of sp³-hybridized carbons (Fsp3) is 0.842. The van der Waals surface area contributed by atoms with Crippen molar-refractivity contribution in [2.75, 3.05) is 40.4 Å². The Bertz CT molecular complexity index is 588. The second-order valence-corrected chi connectivity index (χ2v) is 7.83. The number of hydrogen-bond donors (Lipinski definition) is 1. The number of carbonyl (C=O) groups is 1. The summed E-state index contributed by atoms with van der Waals surface area (Å²) >= 11 is 0. The van der Waals surface area contributed by atoms with Crippen LogP contribution in [0.2, 0.25) is 0 Å². The zero-order valence-electron chi connectivity index (χ0n) is 16.7. The van der Waals surface area contributed by atoms with Crippen LogP contribution >= 0.6 is 0 Å². The number of aromatic nitrogens is 2. The van der Waals surface area contributed by atoms with Crippen LogP contribution in [-0.2, 0) is 17.7 Å². The first-order valence-corrected chi connectivity index (χ1v) is 10.2. The lowest BCUT2D eigenvalue weighted by molar-refractivity contribution is 0.182. The second kappa shape index (κ2) is 10.0. The second-order valence-electron chi connectivity index (χ2n) is 7.83. The largest absolute Gasteiger partial charge is 0.384 e. The van der Waals surface area contributed by atoms with Crippen molar-refractivity contribution in [3.63, 3.8) is 0 Å². The van der Waals surface area contributed by atoms with Crippen LogP contribution < -0.4 is 5.32 Å².